The van der Waals surface area contributed by atoms with Crippen LogP contribution < -0.4 is 10.1 Å². The molecule has 0 fully saturated rings. The van der Waals surface area contributed by atoms with E-state index >= 15 is 0 Å². The van der Waals surface area contributed by atoms with Gasteiger partial charge in [-0.2, -0.15) is 4.98 Å². The number of imidazole rings is 1. The molecule has 10 heteroatoms. The average Bonchev–Trinajstić information content (AvgIpc) is 3.47. The molecule has 1 aliphatic heterocycles. The molecule has 4 aromatic rings. The quantitative estimate of drug-likeness (QED) is 0.431. The second-order valence-corrected chi connectivity index (χ2v) is 7.90. The summed E-state index contributed by atoms with van der Waals surface area (Å²) < 4.78 is 7.60. The highest BCUT2D eigenvalue weighted by molar-refractivity contribution is 6.23. The Morgan fingerprint density at radius 3 is 2.31 bits per heavy atom. The van der Waals surface area contributed by atoms with Crippen molar-refractivity contribution < 1.29 is 19.1 Å². The van der Waals surface area contributed by atoms with E-state index < -0.39 is 23.8 Å². The molecule has 0 aliphatic carbocycles. The third kappa shape index (κ3) is 4.24. The topological polar surface area (TPSA) is 119 Å². The molecule has 0 spiro atoms. The van der Waals surface area contributed by atoms with E-state index in [0.717, 1.165) is 4.90 Å². The molecule has 0 saturated carbocycles. The van der Waals surface area contributed by atoms with E-state index in [-0.39, 0.29) is 0 Å². The largest absolute Gasteiger partial charge is 0.439 e. The third-order valence-corrected chi connectivity index (χ3v) is 5.51. The summed E-state index contributed by atoms with van der Waals surface area (Å²) in [6, 6.07) is 13.9. The molecular weight excluding hydrogens is 448 g/mol. The monoisotopic (exact) mass is 468 g/mol. The van der Waals surface area contributed by atoms with Gasteiger partial charge in [-0.1, -0.05) is 12.1 Å². The molecule has 0 bridgehead atoms. The Labute approximate surface area is 200 Å². The first-order valence-electron chi connectivity index (χ1n) is 10.8. The van der Waals surface area contributed by atoms with Crippen molar-refractivity contribution in [2.24, 2.45) is 0 Å². The lowest BCUT2D eigenvalue weighted by atomic mass is 10.1. The van der Waals surface area contributed by atoms with Gasteiger partial charge < -0.3 is 10.1 Å². The van der Waals surface area contributed by atoms with Crippen LogP contribution in [0.5, 0.6) is 11.6 Å². The zero-order valence-corrected chi connectivity index (χ0v) is 18.9. The summed E-state index contributed by atoms with van der Waals surface area (Å²) in [5.74, 6) is 0.584. The summed E-state index contributed by atoms with van der Waals surface area (Å²) in [5, 5.41) is 2.74. The zero-order chi connectivity index (χ0) is 24.5. The Kier molecular flexibility index (Phi) is 5.54. The number of aryl methyl sites for hydroxylation is 1. The highest BCUT2D eigenvalue weighted by Gasteiger charge is 2.40. The number of aromatic nitrogens is 4. The van der Waals surface area contributed by atoms with Gasteiger partial charge in [-0.3, -0.25) is 23.9 Å². The van der Waals surface area contributed by atoms with Crippen LogP contribution in [0, 0.1) is 6.92 Å². The summed E-state index contributed by atoms with van der Waals surface area (Å²) in [4.78, 5) is 51.7. The Morgan fingerprint density at radius 1 is 1.00 bits per heavy atom. The predicted molar refractivity (Wildman–Crippen MR) is 125 cm³/mol. The molecule has 1 atom stereocenters. The minimum Gasteiger partial charge on any atom is -0.439 e. The standard InChI is InChI=1S/C25H20N6O4/c1-15(31-24(33)19-5-3-4-6-20(19)25(31)34)23(32)29-17-7-9-18(10-8-17)35-22-13-21(27-16(2)28-22)30-12-11-26-14-30/h3-15H,1-2H3,(H,29,32). The van der Waals surface area contributed by atoms with Gasteiger partial charge in [0.1, 0.15) is 29.8 Å². The van der Waals surface area contributed by atoms with Crippen LogP contribution in [0.2, 0.25) is 0 Å². The minimum absolute atomic E-state index is 0.301. The molecule has 10 nitrogen and oxygen atoms in total. The molecule has 2 aromatic heterocycles. The molecule has 1 unspecified atom stereocenters. The molecule has 0 saturated heterocycles. The van der Waals surface area contributed by atoms with Gasteiger partial charge in [0.05, 0.1) is 11.1 Å². The fraction of sp³-hybridized carbons (Fsp3) is 0.120. The number of imide groups is 1. The first-order chi connectivity index (χ1) is 16.9. The normalized spacial score (nSPS) is 13.5. The second-order valence-electron chi connectivity index (χ2n) is 7.90. The van der Waals surface area contributed by atoms with E-state index in [2.05, 4.69) is 20.3 Å². The number of nitrogens with one attached hydrogen (secondary N) is 1. The van der Waals surface area contributed by atoms with Gasteiger partial charge >= 0.3 is 0 Å². The highest BCUT2D eigenvalue weighted by atomic mass is 16.5. The van der Waals surface area contributed by atoms with Crippen LogP contribution in [-0.4, -0.2) is 48.2 Å². The number of benzene rings is 2. The van der Waals surface area contributed by atoms with Crippen molar-refractivity contribution in [3.8, 4) is 17.4 Å². The summed E-state index contributed by atoms with van der Waals surface area (Å²) in [6.07, 6.45) is 5.05. The van der Waals surface area contributed by atoms with Crippen molar-refractivity contribution in [3.63, 3.8) is 0 Å². The van der Waals surface area contributed by atoms with Gasteiger partial charge in [0.2, 0.25) is 11.8 Å². The van der Waals surface area contributed by atoms with E-state index in [4.69, 9.17) is 4.74 Å². The third-order valence-electron chi connectivity index (χ3n) is 5.51. The molecule has 3 amide bonds. The highest BCUT2D eigenvalue weighted by Crippen LogP contribution is 2.26. The lowest BCUT2D eigenvalue weighted by Crippen LogP contribution is -2.45. The predicted octanol–water partition coefficient (Wildman–Crippen LogP) is 3.39. The van der Waals surface area contributed by atoms with Crippen LogP contribution in [0.1, 0.15) is 33.5 Å². The lowest BCUT2D eigenvalue weighted by molar-refractivity contribution is -0.119. The Hall–Kier alpha value is -4.86. The SMILES string of the molecule is Cc1nc(Oc2ccc(NC(=O)C(C)N3C(=O)c4ccccc4C3=O)cc2)cc(-n2ccnc2)n1. The van der Waals surface area contributed by atoms with Crippen molar-refractivity contribution in [1.82, 2.24) is 24.4 Å². The number of ether oxygens (including phenoxy) is 1. The number of anilines is 1. The van der Waals surface area contributed by atoms with E-state index in [9.17, 15) is 14.4 Å². The Bertz CT molecular complexity index is 1400. The average molecular weight is 468 g/mol. The van der Waals surface area contributed by atoms with Crippen molar-refractivity contribution in [3.05, 3.63) is 90.3 Å². The molecule has 174 valence electrons. The zero-order valence-electron chi connectivity index (χ0n) is 18.9. The number of hydrogen-bond donors (Lipinski definition) is 1. The van der Waals surface area contributed by atoms with Gasteiger partial charge in [-0.25, -0.2) is 9.97 Å². The number of hydrogen-bond acceptors (Lipinski definition) is 7. The first-order valence-corrected chi connectivity index (χ1v) is 10.8. The maximum absolute atomic E-state index is 12.8. The second kappa shape index (κ2) is 8.82. The van der Waals surface area contributed by atoms with Crippen LogP contribution in [0.25, 0.3) is 5.82 Å². The molecule has 35 heavy (non-hydrogen) atoms. The molecule has 5 rings (SSSR count). The fourth-order valence-electron chi connectivity index (χ4n) is 3.76. The van der Waals surface area contributed by atoms with Crippen LogP contribution >= 0.6 is 0 Å². The van der Waals surface area contributed by atoms with Gasteiger partial charge in [-0.15, -0.1) is 0 Å². The van der Waals surface area contributed by atoms with Crippen LogP contribution in [0.4, 0.5) is 5.69 Å². The van der Waals surface area contributed by atoms with Crippen molar-refractivity contribution in [1.29, 1.82) is 0 Å². The van der Waals surface area contributed by atoms with Crippen LogP contribution in [0.15, 0.2) is 73.3 Å². The number of amides is 3. The van der Waals surface area contributed by atoms with Gasteiger partial charge in [0.25, 0.3) is 11.8 Å². The molecule has 0 radical (unpaired) electrons. The summed E-state index contributed by atoms with van der Waals surface area (Å²) in [7, 11) is 0. The molecule has 1 aliphatic rings. The first kappa shape index (κ1) is 22.0. The smallest absolute Gasteiger partial charge is 0.262 e. The summed E-state index contributed by atoms with van der Waals surface area (Å²) in [5.41, 5.74) is 1.09. The van der Waals surface area contributed by atoms with Gasteiger partial charge in [0.15, 0.2) is 0 Å². The van der Waals surface area contributed by atoms with Gasteiger partial charge in [-0.05, 0) is 50.2 Å². The summed E-state index contributed by atoms with van der Waals surface area (Å²) >= 11 is 0. The minimum atomic E-state index is -0.982. The van der Waals surface area contributed by atoms with E-state index in [1.165, 1.54) is 6.92 Å². The fourth-order valence-corrected chi connectivity index (χ4v) is 3.76. The van der Waals surface area contributed by atoms with E-state index in [0.29, 0.717) is 40.1 Å². The number of carbonyl (C=O) groups excluding carboxylic acids is 3. The molecule has 1 N–H and O–H groups in total. The summed E-state index contributed by atoms with van der Waals surface area (Å²) in [6.45, 7) is 3.28. The number of carbonyl (C=O) groups is 3. The molecule has 2 aromatic carbocycles. The van der Waals surface area contributed by atoms with Crippen LogP contribution in [0.3, 0.4) is 0 Å². The maximum atomic E-state index is 12.8. The van der Waals surface area contributed by atoms with Crippen molar-refractivity contribution in [2.45, 2.75) is 19.9 Å². The number of nitrogens with zero attached hydrogens (tertiary/aromatic N) is 5. The van der Waals surface area contributed by atoms with Crippen molar-refractivity contribution >= 4 is 23.4 Å². The van der Waals surface area contributed by atoms with Gasteiger partial charge in [0, 0.05) is 24.1 Å². The maximum Gasteiger partial charge on any atom is 0.262 e. The van der Waals surface area contributed by atoms with Crippen LogP contribution in [-0.2, 0) is 4.79 Å². The Morgan fingerprint density at radius 2 is 1.69 bits per heavy atom. The number of rotatable bonds is 6. The lowest BCUT2D eigenvalue weighted by Gasteiger charge is -2.21. The Balaban J connectivity index is 1.26. The van der Waals surface area contributed by atoms with E-state index in [1.54, 1.807) is 84.8 Å². The number of fused-ring (bicyclic) bond motifs is 1. The van der Waals surface area contributed by atoms with Crippen molar-refractivity contribution in [2.75, 3.05) is 5.32 Å². The molecule has 3 heterocycles. The molecular formula is C25H20N6O4. The van der Waals surface area contributed by atoms with E-state index in [1.807, 2.05) is 0 Å².